The molecule has 2 unspecified atom stereocenters. The number of carbonyl (C=O) groups excluding carboxylic acids is 2. The van der Waals surface area contributed by atoms with Crippen LogP contribution in [0.4, 0.5) is 0 Å². The van der Waals surface area contributed by atoms with Crippen molar-refractivity contribution < 1.29 is 24.5 Å². The third-order valence-corrected chi connectivity index (χ3v) is 14.2. The van der Waals surface area contributed by atoms with Crippen molar-refractivity contribution in [3.05, 3.63) is 24.3 Å². The van der Waals surface area contributed by atoms with Gasteiger partial charge in [-0.1, -0.05) is 289 Å². The fourth-order valence-electron chi connectivity index (χ4n) is 9.51. The first-order valence-electron chi connectivity index (χ1n) is 30.6. The Bertz CT molecular complexity index is 1060. The smallest absolute Gasteiger partial charge is 0.305 e. The van der Waals surface area contributed by atoms with E-state index in [2.05, 4.69) is 31.3 Å². The molecule has 6 heteroatoms. The van der Waals surface area contributed by atoms with Crippen molar-refractivity contribution in [2.24, 2.45) is 0 Å². The highest BCUT2D eigenvalue weighted by Gasteiger charge is 2.18. The standard InChI is InChI=1S/C62H119NO5/c1-3-5-7-9-11-13-34-38-42-46-50-54-60(65)59(58-64)63-61(66)55-51-47-43-39-36-32-30-28-26-24-22-20-18-16-15-17-19-21-23-25-27-29-31-33-37-41-45-49-53-57-68-62(67)56-52-48-44-40-35-14-12-10-8-6-4-2/h15,17,50,54,59-60,64-65H,3-14,16,18-49,51-53,55-58H2,1-2H3,(H,63,66)/b17-15-,54-50+. The maximum absolute atomic E-state index is 12.4. The molecule has 0 fully saturated rings. The largest absolute Gasteiger partial charge is 0.466 e. The number of aliphatic hydroxyl groups excluding tert-OH is 2. The Morgan fingerprint density at radius 3 is 1.04 bits per heavy atom. The van der Waals surface area contributed by atoms with Gasteiger partial charge in [-0.05, 0) is 57.8 Å². The molecule has 402 valence electrons. The molecular formula is C62H119NO5. The van der Waals surface area contributed by atoms with Crippen molar-refractivity contribution >= 4 is 11.9 Å². The zero-order valence-corrected chi connectivity index (χ0v) is 45.9. The first kappa shape index (κ1) is 66.3. The Morgan fingerprint density at radius 2 is 0.691 bits per heavy atom. The summed E-state index contributed by atoms with van der Waals surface area (Å²) in [6, 6.07) is -0.625. The molecule has 0 aliphatic rings. The molecule has 0 bridgehead atoms. The van der Waals surface area contributed by atoms with Gasteiger partial charge in [-0.3, -0.25) is 9.59 Å². The molecule has 1 amide bonds. The number of aliphatic hydroxyl groups is 2. The number of ether oxygens (including phenoxy) is 1. The van der Waals surface area contributed by atoms with Gasteiger partial charge in [0.25, 0.3) is 0 Å². The van der Waals surface area contributed by atoms with Crippen molar-refractivity contribution in [3.8, 4) is 0 Å². The van der Waals surface area contributed by atoms with Crippen LogP contribution in [-0.4, -0.2) is 47.4 Å². The highest BCUT2D eigenvalue weighted by atomic mass is 16.5. The summed E-state index contributed by atoms with van der Waals surface area (Å²) in [5.74, 6) is -0.0516. The van der Waals surface area contributed by atoms with E-state index in [0.29, 0.717) is 19.4 Å². The highest BCUT2D eigenvalue weighted by molar-refractivity contribution is 5.76. The number of allylic oxidation sites excluding steroid dienone is 3. The van der Waals surface area contributed by atoms with E-state index in [9.17, 15) is 19.8 Å². The van der Waals surface area contributed by atoms with E-state index in [1.807, 2.05) is 6.08 Å². The number of hydrogen-bond acceptors (Lipinski definition) is 5. The number of hydrogen-bond donors (Lipinski definition) is 3. The second-order valence-electron chi connectivity index (χ2n) is 21.0. The van der Waals surface area contributed by atoms with Gasteiger partial charge in [0.1, 0.15) is 0 Å². The fraction of sp³-hybridized carbons (Fsp3) is 0.903. The van der Waals surface area contributed by atoms with Crippen molar-refractivity contribution in [3.63, 3.8) is 0 Å². The predicted octanol–water partition coefficient (Wildman–Crippen LogP) is 19.0. The Hall–Kier alpha value is -1.66. The number of esters is 1. The Labute approximate surface area is 424 Å². The summed E-state index contributed by atoms with van der Waals surface area (Å²) < 4.78 is 5.47. The molecule has 0 radical (unpaired) electrons. The molecule has 0 saturated heterocycles. The zero-order chi connectivity index (χ0) is 49.3. The van der Waals surface area contributed by atoms with Gasteiger partial charge in [-0.15, -0.1) is 0 Å². The first-order chi connectivity index (χ1) is 33.5. The molecule has 3 N–H and O–H groups in total. The van der Waals surface area contributed by atoms with Crippen LogP contribution in [-0.2, 0) is 14.3 Å². The molecule has 0 spiro atoms. The molecule has 0 aromatic heterocycles. The normalized spacial score (nSPS) is 12.7. The van der Waals surface area contributed by atoms with Crippen molar-refractivity contribution in [1.29, 1.82) is 0 Å². The summed E-state index contributed by atoms with van der Waals surface area (Å²) in [7, 11) is 0. The second-order valence-corrected chi connectivity index (χ2v) is 21.0. The minimum Gasteiger partial charge on any atom is -0.466 e. The average molecular weight is 959 g/mol. The van der Waals surface area contributed by atoms with Gasteiger partial charge in [0.05, 0.1) is 25.4 Å². The number of amides is 1. The van der Waals surface area contributed by atoms with E-state index >= 15 is 0 Å². The molecular weight excluding hydrogens is 839 g/mol. The van der Waals surface area contributed by atoms with E-state index in [-0.39, 0.29) is 18.5 Å². The third kappa shape index (κ3) is 53.7. The maximum Gasteiger partial charge on any atom is 0.305 e. The maximum atomic E-state index is 12.4. The zero-order valence-electron chi connectivity index (χ0n) is 45.9. The molecule has 68 heavy (non-hydrogen) atoms. The Morgan fingerprint density at radius 1 is 0.397 bits per heavy atom. The molecule has 0 aromatic carbocycles. The Kier molecular flexibility index (Phi) is 56.5. The molecule has 0 rings (SSSR count). The summed E-state index contributed by atoms with van der Waals surface area (Å²) in [6.07, 6.45) is 70.9. The van der Waals surface area contributed by atoms with Crippen LogP contribution >= 0.6 is 0 Å². The lowest BCUT2D eigenvalue weighted by atomic mass is 10.0. The topological polar surface area (TPSA) is 95.9 Å². The van der Waals surface area contributed by atoms with Crippen LogP contribution < -0.4 is 5.32 Å². The van der Waals surface area contributed by atoms with Crippen molar-refractivity contribution in [2.75, 3.05) is 13.2 Å². The van der Waals surface area contributed by atoms with E-state index in [1.54, 1.807) is 6.08 Å². The van der Waals surface area contributed by atoms with Gasteiger partial charge in [0.2, 0.25) is 5.91 Å². The summed E-state index contributed by atoms with van der Waals surface area (Å²) in [5.41, 5.74) is 0. The van der Waals surface area contributed by atoms with Gasteiger partial charge >= 0.3 is 5.97 Å². The van der Waals surface area contributed by atoms with Crippen LogP contribution in [0.15, 0.2) is 24.3 Å². The molecule has 0 heterocycles. The molecule has 6 nitrogen and oxygen atoms in total. The molecule has 0 saturated carbocycles. The Balaban J connectivity index is 3.37. The van der Waals surface area contributed by atoms with E-state index in [4.69, 9.17) is 4.74 Å². The number of nitrogens with one attached hydrogen (secondary N) is 1. The lowest BCUT2D eigenvalue weighted by molar-refractivity contribution is -0.143. The van der Waals surface area contributed by atoms with Crippen LogP contribution in [0.2, 0.25) is 0 Å². The van der Waals surface area contributed by atoms with Crippen molar-refractivity contribution in [2.45, 2.75) is 347 Å². The summed E-state index contributed by atoms with van der Waals surface area (Å²) in [4.78, 5) is 24.4. The summed E-state index contributed by atoms with van der Waals surface area (Å²) >= 11 is 0. The minimum absolute atomic E-state index is 0.0159. The molecule has 0 aliphatic heterocycles. The van der Waals surface area contributed by atoms with Crippen LogP contribution in [0.3, 0.4) is 0 Å². The molecule has 2 atom stereocenters. The highest BCUT2D eigenvalue weighted by Crippen LogP contribution is 2.17. The van der Waals surface area contributed by atoms with Gasteiger partial charge in [-0.2, -0.15) is 0 Å². The van der Waals surface area contributed by atoms with Gasteiger partial charge in [-0.25, -0.2) is 0 Å². The van der Waals surface area contributed by atoms with E-state index in [1.165, 1.54) is 270 Å². The first-order valence-corrected chi connectivity index (χ1v) is 30.6. The SMILES string of the molecule is CCCCCCCCCCC/C=C/C(O)C(CO)NC(=O)CCCCCCCCCCCCCCC/C=C\CCCCCCCCCCCCCCOC(=O)CCCCCCCCCCCCC. The van der Waals surface area contributed by atoms with Crippen LogP contribution in [0, 0.1) is 0 Å². The summed E-state index contributed by atoms with van der Waals surface area (Å²) in [5, 5.41) is 23.0. The number of carbonyl (C=O) groups is 2. The summed E-state index contributed by atoms with van der Waals surface area (Å²) in [6.45, 7) is 4.90. The van der Waals surface area contributed by atoms with E-state index in [0.717, 1.165) is 38.5 Å². The van der Waals surface area contributed by atoms with E-state index < -0.39 is 12.1 Å². The molecule has 0 aliphatic carbocycles. The third-order valence-electron chi connectivity index (χ3n) is 14.2. The van der Waals surface area contributed by atoms with Crippen molar-refractivity contribution in [1.82, 2.24) is 5.32 Å². The molecule has 0 aromatic rings. The quantitative estimate of drug-likeness (QED) is 0.0321. The lowest BCUT2D eigenvalue weighted by Gasteiger charge is -2.20. The van der Waals surface area contributed by atoms with Crippen LogP contribution in [0.1, 0.15) is 335 Å². The monoisotopic (exact) mass is 958 g/mol. The van der Waals surface area contributed by atoms with Gasteiger partial charge in [0, 0.05) is 12.8 Å². The minimum atomic E-state index is -0.842. The van der Waals surface area contributed by atoms with Gasteiger partial charge < -0.3 is 20.3 Å². The second kappa shape index (κ2) is 57.9. The van der Waals surface area contributed by atoms with Crippen LogP contribution in [0.5, 0.6) is 0 Å². The van der Waals surface area contributed by atoms with Crippen LogP contribution in [0.25, 0.3) is 0 Å². The van der Waals surface area contributed by atoms with Gasteiger partial charge in [0.15, 0.2) is 0 Å². The number of unbranched alkanes of at least 4 members (excludes halogenated alkanes) is 44. The average Bonchev–Trinajstić information content (AvgIpc) is 3.34. The predicted molar refractivity (Wildman–Crippen MR) is 296 cm³/mol. The lowest BCUT2D eigenvalue weighted by Crippen LogP contribution is -2.45. The number of rotatable bonds is 57. The fourth-order valence-corrected chi connectivity index (χ4v) is 9.51.